The molecule has 0 spiro atoms. The second-order valence-electron chi connectivity index (χ2n) is 4.16. The molecule has 0 fully saturated rings. The van der Waals surface area contributed by atoms with Crippen molar-refractivity contribution >= 4 is 21.4 Å². The normalized spacial score (nSPS) is 13.0. The maximum atomic E-state index is 10.6. The highest BCUT2D eigenvalue weighted by atomic mass is 32.1. The van der Waals surface area contributed by atoms with Gasteiger partial charge in [-0.15, -0.1) is 11.3 Å². The van der Waals surface area contributed by atoms with Gasteiger partial charge in [-0.3, -0.25) is 4.68 Å². The van der Waals surface area contributed by atoms with Gasteiger partial charge >= 0.3 is 0 Å². The van der Waals surface area contributed by atoms with Crippen LogP contribution in [0.4, 0.5) is 0 Å². The maximum Gasteiger partial charge on any atom is 0.122 e. The smallest absolute Gasteiger partial charge is 0.122 e. The van der Waals surface area contributed by atoms with Gasteiger partial charge in [-0.1, -0.05) is 18.2 Å². The summed E-state index contributed by atoms with van der Waals surface area (Å²) in [5, 5.41) is 18.0. The van der Waals surface area contributed by atoms with Crippen LogP contribution in [0.2, 0.25) is 0 Å². The number of aromatic nitrogens is 2. The Morgan fingerprint density at radius 2 is 2.22 bits per heavy atom. The molecule has 2 heterocycles. The Morgan fingerprint density at radius 3 is 3.06 bits per heavy atom. The van der Waals surface area contributed by atoms with Crippen molar-refractivity contribution < 1.29 is 5.11 Å². The van der Waals surface area contributed by atoms with E-state index in [1.165, 1.54) is 5.39 Å². The Labute approximate surface area is 109 Å². The number of nitrogens with zero attached hydrogens (tertiary/aromatic N) is 2. The molecule has 0 aliphatic rings. The van der Waals surface area contributed by atoms with Crippen LogP contribution in [-0.4, -0.2) is 14.9 Å². The van der Waals surface area contributed by atoms with E-state index < -0.39 is 6.10 Å². The molecule has 0 aliphatic heterocycles. The summed E-state index contributed by atoms with van der Waals surface area (Å²) in [5.41, 5.74) is 1.80. The molecule has 3 rings (SSSR count). The third-order valence-electron chi connectivity index (χ3n) is 3.13. The van der Waals surface area contributed by atoms with Crippen LogP contribution < -0.4 is 0 Å². The van der Waals surface area contributed by atoms with E-state index in [-0.39, 0.29) is 0 Å². The van der Waals surface area contributed by atoms with E-state index in [0.29, 0.717) is 0 Å². The van der Waals surface area contributed by atoms with Gasteiger partial charge in [0, 0.05) is 23.0 Å². The zero-order chi connectivity index (χ0) is 12.5. The molecular formula is C14H14N2OS. The minimum absolute atomic E-state index is 0.616. The molecule has 1 atom stereocenters. The molecule has 1 N–H and O–H groups in total. The van der Waals surface area contributed by atoms with Gasteiger partial charge in [-0.2, -0.15) is 5.10 Å². The van der Waals surface area contributed by atoms with E-state index in [0.717, 1.165) is 22.5 Å². The van der Waals surface area contributed by atoms with Crippen LogP contribution in [0.3, 0.4) is 0 Å². The lowest BCUT2D eigenvalue weighted by atomic mass is 10.0. The minimum atomic E-state index is -0.616. The van der Waals surface area contributed by atoms with Crippen molar-refractivity contribution in [3.8, 4) is 0 Å². The monoisotopic (exact) mass is 258 g/mol. The van der Waals surface area contributed by atoms with Gasteiger partial charge in [-0.05, 0) is 29.8 Å². The molecule has 4 heteroatoms. The van der Waals surface area contributed by atoms with Crippen LogP contribution in [0.5, 0.6) is 0 Å². The summed E-state index contributed by atoms with van der Waals surface area (Å²) < 4.78 is 2.98. The second-order valence-corrected chi connectivity index (χ2v) is 5.08. The van der Waals surface area contributed by atoms with Crippen molar-refractivity contribution in [3.05, 3.63) is 53.2 Å². The summed E-state index contributed by atoms with van der Waals surface area (Å²) >= 11 is 1.66. The third-order valence-corrected chi connectivity index (χ3v) is 4.11. The quantitative estimate of drug-likeness (QED) is 0.783. The Morgan fingerprint density at radius 1 is 1.33 bits per heavy atom. The molecule has 1 unspecified atom stereocenters. The topological polar surface area (TPSA) is 38.0 Å². The predicted octanol–water partition coefficient (Wildman–Crippen LogP) is 3.20. The molecule has 0 bridgehead atoms. The predicted molar refractivity (Wildman–Crippen MR) is 73.8 cm³/mol. The highest BCUT2D eigenvalue weighted by molar-refractivity contribution is 7.17. The summed E-state index contributed by atoms with van der Waals surface area (Å²) in [5.74, 6) is 0. The van der Waals surface area contributed by atoms with E-state index in [9.17, 15) is 5.11 Å². The molecule has 1 aromatic carbocycles. The first-order valence-corrected chi connectivity index (χ1v) is 6.85. The molecule has 0 radical (unpaired) electrons. The van der Waals surface area contributed by atoms with Gasteiger partial charge in [-0.25, -0.2) is 0 Å². The summed E-state index contributed by atoms with van der Waals surface area (Å²) in [7, 11) is 0. The Kier molecular flexibility index (Phi) is 2.89. The van der Waals surface area contributed by atoms with Crippen LogP contribution in [0.15, 0.2) is 41.9 Å². The van der Waals surface area contributed by atoms with Crippen LogP contribution in [0, 0.1) is 0 Å². The standard InChI is InChI=1S/C14H14N2OS/c1-2-16-12(6-8-15-16)13(17)11-5-3-4-10-7-9-18-14(10)11/h3-9,13,17H,2H2,1H3. The lowest BCUT2D eigenvalue weighted by Gasteiger charge is -2.13. The first-order chi connectivity index (χ1) is 8.81. The molecule has 0 saturated heterocycles. The third kappa shape index (κ3) is 1.74. The van der Waals surface area contributed by atoms with Crippen molar-refractivity contribution in [2.45, 2.75) is 19.6 Å². The fourth-order valence-corrected chi connectivity index (χ4v) is 3.17. The largest absolute Gasteiger partial charge is 0.382 e. The Bertz CT molecular complexity index is 671. The van der Waals surface area contributed by atoms with Crippen molar-refractivity contribution in [3.63, 3.8) is 0 Å². The average Bonchev–Trinajstić information content (AvgIpc) is 3.05. The van der Waals surface area contributed by atoms with Crippen LogP contribution in [-0.2, 0) is 6.54 Å². The SMILES string of the molecule is CCn1nccc1C(O)c1cccc2ccsc12. The molecule has 3 aromatic rings. The summed E-state index contributed by atoms with van der Waals surface area (Å²) in [4.78, 5) is 0. The lowest BCUT2D eigenvalue weighted by molar-refractivity contribution is 0.209. The van der Waals surface area contributed by atoms with Crippen LogP contribution in [0.25, 0.3) is 10.1 Å². The number of rotatable bonds is 3. The van der Waals surface area contributed by atoms with E-state index >= 15 is 0 Å². The van der Waals surface area contributed by atoms with E-state index in [1.807, 2.05) is 29.8 Å². The van der Waals surface area contributed by atoms with Gasteiger partial charge in [0.1, 0.15) is 6.10 Å². The van der Waals surface area contributed by atoms with E-state index in [1.54, 1.807) is 17.5 Å². The molecule has 3 nitrogen and oxygen atoms in total. The van der Waals surface area contributed by atoms with Crippen molar-refractivity contribution in [2.24, 2.45) is 0 Å². The second kappa shape index (κ2) is 4.55. The molecule has 2 aromatic heterocycles. The van der Waals surface area contributed by atoms with Crippen molar-refractivity contribution in [1.82, 2.24) is 9.78 Å². The van der Waals surface area contributed by atoms with Crippen molar-refractivity contribution in [1.29, 1.82) is 0 Å². The minimum Gasteiger partial charge on any atom is -0.382 e. The van der Waals surface area contributed by atoms with Gasteiger partial charge in [0.15, 0.2) is 0 Å². The number of hydrogen-bond donors (Lipinski definition) is 1. The number of fused-ring (bicyclic) bond motifs is 1. The van der Waals surface area contributed by atoms with E-state index in [2.05, 4.69) is 22.6 Å². The average molecular weight is 258 g/mol. The summed E-state index contributed by atoms with van der Waals surface area (Å²) in [6.45, 7) is 2.79. The zero-order valence-electron chi connectivity index (χ0n) is 10.1. The van der Waals surface area contributed by atoms with Crippen molar-refractivity contribution in [2.75, 3.05) is 0 Å². The fraction of sp³-hybridized carbons (Fsp3) is 0.214. The summed E-state index contributed by atoms with van der Waals surface area (Å²) in [6, 6.07) is 9.99. The molecular weight excluding hydrogens is 244 g/mol. The van der Waals surface area contributed by atoms with Gasteiger partial charge in [0.05, 0.1) is 5.69 Å². The van der Waals surface area contributed by atoms with Crippen LogP contribution in [0.1, 0.15) is 24.3 Å². The Balaban J connectivity index is 2.12. The molecule has 0 amide bonds. The highest BCUT2D eigenvalue weighted by Crippen LogP contribution is 2.32. The van der Waals surface area contributed by atoms with Gasteiger partial charge in [0.25, 0.3) is 0 Å². The highest BCUT2D eigenvalue weighted by Gasteiger charge is 2.17. The number of benzene rings is 1. The Hall–Kier alpha value is -1.65. The molecule has 18 heavy (non-hydrogen) atoms. The molecule has 0 saturated carbocycles. The lowest BCUT2D eigenvalue weighted by Crippen LogP contribution is -2.09. The molecule has 92 valence electrons. The van der Waals surface area contributed by atoms with Gasteiger partial charge in [0.2, 0.25) is 0 Å². The first-order valence-electron chi connectivity index (χ1n) is 5.97. The van der Waals surface area contributed by atoms with Crippen LogP contribution >= 0.6 is 11.3 Å². The number of hydrogen-bond acceptors (Lipinski definition) is 3. The number of aliphatic hydroxyl groups excluding tert-OH is 1. The fourth-order valence-electron chi connectivity index (χ4n) is 2.23. The maximum absolute atomic E-state index is 10.6. The van der Waals surface area contributed by atoms with E-state index in [4.69, 9.17) is 0 Å². The summed E-state index contributed by atoms with van der Waals surface area (Å²) in [6.07, 6.45) is 1.12. The number of thiophene rings is 1. The van der Waals surface area contributed by atoms with Gasteiger partial charge < -0.3 is 5.11 Å². The zero-order valence-corrected chi connectivity index (χ0v) is 10.9. The molecule has 0 aliphatic carbocycles. The number of aryl methyl sites for hydroxylation is 1. The first kappa shape index (κ1) is 11.4. The number of aliphatic hydroxyl groups is 1.